The second-order valence-corrected chi connectivity index (χ2v) is 5.84. The van der Waals surface area contributed by atoms with Crippen LogP contribution in [0.25, 0.3) is 0 Å². The molecule has 1 atom stereocenters. The minimum atomic E-state index is -0.807. The molecule has 1 N–H and O–H groups in total. The summed E-state index contributed by atoms with van der Waals surface area (Å²) in [5.74, 6) is -0.934. The number of nitrogens with zero attached hydrogens (tertiary/aromatic N) is 2. The Hall–Kier alpha value is -3.15. The Bertz CT molecular complexity index is 896. The standard InChI is InChI=1S/C20H17F2N3O/c1-13-4-7-16(12-24-13)20(26)25-18(19-17(22)3-2-10-23-19)15-8-5-14(11-21)6-9-15/h2-10,12,18H,11H2,1H3,(H,25,26)/t18-/m0/s1. The van der Waals surface area contributed by atoms with E-state index in [1.54, 1.807) is 36.4 Å². The largest absolute Gasteiger partial charge is 0.339 e. The Kier molecular flexibility index (Phi) is 5.31. The highest BCUT2D eigenvalue weighted by atomic mass is 19.1. The Labute approximate surface area is 149 Å². The average Bonchev–Trinajstić information content (AvgIpc) is 2.67. The van der Waals surface area contributed by atoms with Crippen LogP contribution in [-0.4, -0.2) is 15.9 Å². The first-order chi connectivity index (χ1) is 12.6. The van der Waals surface area contributed by atoms with Crippen LogP contribution < -0.4 is 5.32 Å². The van der Waals surface area contributed by atoms with Gasteiger partial charge >= 0.3 is 0 Å². The van der Waals surface area contributed by atoms with Crippen LogP contribution in [0.4, 0.5) is 8.78 Å². The van der Waals surface area contributed by atoms with Gasteiger partial charge in [0.2, 0.25) is 0 Å². The van der Waals surface area contributed by atoms with Crippen molar-refractivity contribution in [3.63, 3.8) is 0 Å². The maximum Gasteiger partial charge on any atom is 0.253 e. The van der Waals surface area contributed by atoms with Crippen molar-refractivity contribution < 1.29 is 13.6 Å². The molecule has 0 aliphatic carbocycles. The summed E-state index contributed by atoms with van der Waals surface area (Å²) in [4.78, 5) is 20.8. The lowest BCUT2D eigenvalue weighted by atomic mass is 10.0. The summed E-state index contributed by atoms with van der Waals surface area (Å²) in [6, 6.07) is 11.8. The number of amides is 1. The molecule has 1 amide bonds. The maximum atomic E-state index is 14.3. The molecule has 0 aliphatic heterocycles. The van der Waals surface area contributed by atoms with E-state index in [9.17, 15) is 13.6 Å². The number of hydrogen-bond acceptors (Lipinski definition) is 3. The van der Waals surface area contributed by atoms with Gasteiger partial charge in [-0.2, -0.15) is 0 Å². The van der Waals surface area contributed by atoms with Gasteiger partial charge in [-0.05, 0) is 42.3 Å². The molecule has 0 saturated heterocycles. The fraction of sp³-hybridized carbons (Fsp3) is 0.150. The van der Waals surface area contributed by atoms with Gasteiger partial charge in [-0.1, -0.05) is 24.3 Å². The minimum absolute atomic E-state index is 0.0916. The zero-order valence-corrected chi connectivity index (χ0v) is 14.1. The van der Waals surface area contributed by atoms with E-state index in [0.717, 1.165) is 5.69 Å². The molecule has 132 valence electrons. The average molecular weight is 353 g/mol. The number of carbonyl (C=O) groups is 1. The van der Waals surface area contributed by atoms with E-state index in [1.165, 1.54) is 24.5 Å². The topological polar surface area (TPSA) is 54.9 Å². The van der Waals surface area contributed by atoms with Crippen LogP contribution in [0, 0.1) is 12.7 Å². The third kappa shape index (κ3) is 3.91. The van der Waals surface area contributed by atoms with Gasteiger partial charge in [0.25, 0.3) is 5.91 Å². The zero-order chi connectivity index (χ0) is 18.5. The fourth-order valence-corrected chi connectivity index (χ4v) is 2.54. The molecule has 3 aromatic rings. The highest BCUT2D eigenvalue weighted by Gasteiger charge is 2.22. The van der Waals surface area contributed by atoms with E-state index >= 15 is 0 Å². The fourth-order valence-electron chi connectivity index (χ4n) is 2.54. The molecule has 0 spiro atoms. The van der Waals surface area contributed by atoms with Gasteiger partial charge in [0, 0.05) is 18.1 Å². The van der Waals surface area contributed by atoms with Gasteiger partial charge in [-0.25, -0.2) is 8.78 Å². The van der Waals surface area contributed by atoms with Crippen molar-refractivity contribution in [3.8, 4) is 0 Å². The highest BCUT2D eigenvalue weighted by molar-refractivity contribution is 5.94. The van der Waals surface area contributed by atoms with Crippen LogP contribution in [0.15, 0.2) is 60.9 Å². The van der Waals surface area contributed by atoms with E-state index in [1.807, 2.05) is 6.92 Å². The number of carbonyl (C=O) groups excluding carboxylic acids is 1. The summed E-state index contributed by atoms with van der Waals surface area (Å²) in [6.45, 7) is 1.23. The molecule has 2 aromatic heterocycles. The van der Waals surface area contributed by atoms with Gasteiger partial charge in [-0.3, -0.25) is 14.8 Å². The highest BCUT2D eigenvalue weighted by Crippen LogP contribution is 2.24. The number of halogens is 2. The number of benzene rings is 1. The maximum absolute atomic E-state index is 14.3. The Morgan fingerprint density at radius 1 is 1.12 bits per heavy atom. The van der Waals surface area contributed by atoms with Crippen molar-refractivity contribution in [3.05, 3.63) is 94.8 Å². The molecule has 1 aromatic carbocycles. The molecule has 3 rings (SSSR count). The number of aryl methyl sites for hydroxylation is 1. The SMILES string of the molecule is Cc1ccc(C(=O)N[C@@H](c2ccc(CF)cc2)c2ncccc2F)cn1. The van der Waals surface area contributed by atoms with Gasteiger partial charge in [0.15, 0.2) is 0 Å². The summed E-state index contributed by atoms with van der Waals surface area (Å²) >= 11 is 0. The van der Waals surface area contributed by atoms with Crippen LogP contribution in [0.3, 0.4) is 0 Å². The molecule has 2 heterocycles. The van der Waals surface area contributed by atoms with Crippen molar-refractivity contribution in [2.24, 2.45) is 0 Å². The molecule has 0 unspecified atom stereocenters. The second kappa shape index (κ2) is 7.82. The lowest BCUT2D eigenvalue weighted by Crippen LogP contribution is -2.30. The van der Waals surface area contributed by atoms with Crippen molar-refractivity contribution in [2.45, 2.75) is 19.6 Å². The molecule has 26 heavy (non-hydrogen) atoms. The first-order valence-corrected chi connectivity index (χ1v) is 8.07. The monoisotopic (exact) mass is 353 g/mol. The lowest BCUT2D eigenvalue weighted by Gasteiger charge is -2.19. The number of aromatic nitrogens is 2. The van der Waals surface area contributed by atoms with Crippen LogP contribution in [0.1, 0.15) is 38.9 Å². The molecule has 4 nitrogen and oxygen atoms in total. The van der Waals surface area contributed by atoms with Crippen LogP contribution in [0.2, 0.25) is 0 Å². The van der Waals surface area contributed by atoms with Crippen LogP contribution in [-0.2, 0) is 6.67 Å². The minimum Gasteiger partial charge on any atom is -0.339 e. The number of alkyl halides is 1. The van der Waals surface area contributed by atoms with Crippen molar-refractivity contribution in [1.82, 2.24) is 15.3 Å². The van der Waals surface area contributed by atoms with E-state index in [-0.39, 0.29) is 5.69 Å². The van der Waals surface area contributed by atoms with Gasteiger partial charge in [0.1, 0.15) is 18.2 Å². The quantitative estimate of drug-likeness (QED) is 0.757. The summed E-state index contributed by atoms with van der Waals surface area (Å²) in [6.07, 6.45) is 2.92. The zero-order valence-electron chi connectivity index (χ0n) is 14.1. The third-order valence-electron chi connectivity index (χ3n) is 3.98. The summed E-state index contributed by atoms with van der Waals surface area (Å²) in [5, 5.41) is 2.79. The third-order valence-corrected chi connectivity index (χ3v) is 3.98. The molecule has 0 saturated carbocycles. The number of nitrogens with one attached hydrogen (secondary N) is 1. The van der Waals surface area contributed by atoms with Gasteiger partial charge in [0.05, 0.1) is 11.6 Å². The van der Waals surface area contributed by atoms with Crippen LogP contribution >= 0.6 is 0 Å². The van der Waals surface area contributed by atoms with Crippen molar-refractivity contribution in [2.75, 3.05) is 0 Å². The molecule has 6 heteroatoms. The van der Waals surface area contributed by atoms with Gasteiger partial charge < -0.3 is 5.32 Å². The second-order valence-electron chi connectivity index (χ2n) is 5.84. The summed E-state index contributed by atoms with van der Waals surface area (Å²) in [7, 11) is 0. The summed E-state index contributed by atoms with van der Waals surface area (Å²) in [5.41, 5.74) is 2.35. The summed E-state index contributed by atoms with van der Waals surface area (Å²) < 4.78 is 27.1. The van der Waals surface area contributed by atoms with E-state index in [0.29, 0.717) is 16.7 Å². The predicted molar refractivity (Wildman–Crippen MR) is 93.7 cm³/mol. The molecule has 0 aliphatic rings. The molecule has 0 radical (unpaired) electrons. The van der Waals surface area contributed by atoms with Crippen molar-refractivity contribution in [1.29, 1.82) is 0 Å². The molecule has 0 fully saturated rings. The first-order valence-electron chi connectivity index (χ1n) is 8.07. The van der Waals surface area contributed by atoms with E-state index in [4.69, 9.17) is 0 Å². The molecular formula is C20H17F2N3O. The Morgan fingerprint density at radius 2 is 1.88 bits per heavy atom. The molecular weight excluding hydrogens is 336 g/mol. The smallest absolute Gasteiger partial charge is 0.253 e. The number of pyridine rings is 2. The Balaban J connectivity index is 1.96. The van der Waals surface area contributed by atoms with E-state index in [2.05, 4.69) is 15.3 Å². The number of rotatable bonds is 5. The molecule has 0 bridgehead atoms. The van der Waals surface area contributed by atoms with Crippen molar-refractivity contribution >= 4 is 5.91 Å². The van der Waals surface area contributed by atoms with E-state index < -0.39 is 24.4 Å². The van der Waals surface area contributed by atoms with Crippen LogP contribution in [0.5, 0.6) is 0 Å². The lowest BCUT2D eigenvalue weighted by molar-refractivity contribution is 0.0941. The first kappa shape index (κ1) is 17.7. The normalized spacial score (nSPS) is 11.8. The Morgan fingerprint density at radius 3 is 2.50 bits per heavy atom. The predicted octanol–water partition coefficient (Wildman–Crippen LogP) is 3.91. The van der Waals surface area contributed by atoms with Gasteiger partial charge in [-0.15, -0.1) is 0 Å². The number of hydrogen-bond donors (Lipinski definition) is 1.